The van der Waals surface area contributed by atoms with E-state index in [0.717, 1.165) is 35.4 Å². The number of amides is 1. The van der Waals surface area contributed by atoms with Crippen molar-refractivity contribution in [2.24, 2.45) is 5.73 Å². The van der Waals surface area contributed by atoms with Crippen LogP contribution in [0, 0.1) is 13.8 Å². The number of hydrogen-bond acceptors (Lipinski definition) is 4. The quantitative estimate of drug-likeness (QED) is 0.872. The lowest BCUT2D eigenvalue weighted by molar-refractivity contribution is -0.142. The Kier molecular flexibility index (Phi) is 4.54. The first-order valence-electron chi connectivity index (χ1n) is 7.24. The second kappa shape index (κ2) is 6.03. The van der Waals surface area contributed by atoms with Crippen LogP contribution in [0.1, 0.15) is 29.5 Å². The van der Waals surface area contributed by atoms with Gasteiger partial charge in [0.2, 0.25) is 0 Å². The average molecular weight is 292 g/mol. The van der Waals surface area contributed by atoms with Gasteiger partial charge in [0, 0.05) is 13.1 Å². The summed E-state index contributed by atoms with van der Waals surface area (Å²) in [4.78, 5) is 13.5. The van der Waals surface area contributed by atoms with Crippen molar-refractivity contribution >= 4 is 5.91 Å². The Morgan fingerprint density at radius 3 is 2.57 bits per heavy atom. The summed E-state index contributed by atoms with van der Waals surface area (Å²) in [6.45, 7) is 5.89. The van der Waals surface area contributed by atoms with Gasteiger partial charge in [-0.2, -0.15) is 0 Å². The van der Waals surface area contributed by atoms with Gasteiger partial charge in [-0.25, -0.2) is 0 Å². The summed E-state index contributed by atoms with van der Waals surface area (Å²) in [5.41, 5.74) is 7.25. The molecule has 1 saturated heterocycles. The SMILES string of the molecule is COc1c(C)cc(CN2CCCC(O)(C(N)=O)C2)cc1C. The van der Waals surface area contributed by atoms with Gasteiger partial charge in [-0.1, -0.05) is 12.1 Å². The van der Waals surface area contributed by atoms with E-state index in [1.807, 2.05) is 13.8 Å². The highest BCUT2D eigenvalue weighted by Crippen LogP contribution is 2.27. The second-order valence-electron chi connectivity index (χ2n) is 5.97. The molecular weight excluding hydrogens is 268 g/mol. The molecule has 1 heterocycles. The van der Waals surface area contributed by atoms with E-state index in [9.17, 15) is 9.90 Å². The fraction of sp³-hybridized carbons (Fsp3) is 0.562. The molecule has 0 aromatic heterocycles. The van der Waals surface area contributed by atoms with Crippen molar-refractivity contribution in [2.75, 3.05) is 20.2 Å². The summed E-state index contributed by atoms with van der Waals surface area (Å²) in [6, 6.07) is 4.17. The summed E-state index contributed by atoms with van der Waals surface area (Å²) in [6.07, 6.45) is 1.22. The molecule has 1 aliphatic heterocycles. The molecule has 5 nitrogen and oxygen atoms in total. The first-order chi connectivity index (χ1) is 9.85. The number of ether oxygens (including phenoxy) is 1. The number of piperidine rings is 1. The number of primary amides is 1. The molecule has 0 aliphatic carbocycles. The minimum Gasteiger partial charge on any atom is -0.496 e. The fourth-order valence-corrected chi connectivity index (χ4v) is 3.17. The van der Waals surface area contributed by atoms with Gasteiger partial charge in [-0.05, 0) is 49.9 Å². The summed E-state index contributed by atoms with van der Waals surface area (Å²) in [5.74, 6) is 0.278. The molecule has 0 bridgehead atoms. The molecule has 1 amide bonds. The zero-order valence-electron chi connectivity index (χ0n) is 13.0. The van der Waals surface area contributed by atoms with Crippen LogP contribution in [0.25, 0.3) is 0 Å². The van der Waals surface area contributed by atoms with E-state index in [1.165, 1.54) is 0 Å². The van der Waals surface area contributed by atoms with E-state index in [-0.39, 0.29) is 0 Å². The molecule has 1 aromatic carbocycles. The third kappa shape index (κ3) is 3.36. The number of aliphatic hydroxyl groups is 1. The maximum atomic E-state index is 11.4. The number of aryl methyl sites for hydroxylation is 2. The van der Waals surface area contributed by atoms with Crippen LogP contribution < -0.4 is 10.5 Å². The lowest BCUT2D eigenvalue weighted by atomic mass is 9.92. The largest absolute Gasteiger partial charge is 0.496 e. The maximum Gasteiger partial charge on any atom is 0.250 e. The van der Waals surface area contributed by atoms with E-state index < -0.39 is 11.5 Å². The summed E-state index contributed by atoms with van der Waals surface area (Å²) < 4.78 is 5.37. The predicted molar refractivity (Wildman–Crippen MR) is 81.1 cm³/mol. The van der Waals surface area contributed by atoms with Crippen molar-refractivity contribution in [3.8, 4) is 5.75 Å². The Hall–Kier alpha value is -1.59. The lowest BCUT2D eigenvalue weighted by Crippen LogP contribution is -2.55. The van der Waals surface area contributed by atoms with Crippen LogP contribution in [-0.4, -0.2) is 41.7 Å². The first-order valence-corrected chi connectivity index (χ1v) is 7.24. The highest BCUT2D eigenvalue weighted by molar-refractivity contribution is 5.83. The molecule has 21 heavy (non-hydrogen) atoms. The Bertz CT molecular complexity index is 521. The number of methoxy groups -OCH3 is 1. The van der Waals surface area contributed by atoms with Crippen molar-refractivity contribution in [3.63, 3.8) is 0 Å². The number of likely N-dealkylation sites (tertiary alicyclic amines) is 1. The van der Waals surface area contributed by atoms with Gasteiger partial charge in [0.1, 0.15) is 5.75 Å². The molecule has 5 heteroatoms. The van der Waals surface area contributed by atoms with Crippen LogP contribution in [0.15, 0.2) is 12.1 Å². The molecule has 1 aromatic rings. The van der Waals surface area contributed by atoms with Crippen molar-refractivity contribution in [2.45, 2.75) is 38.8 Å². The second-order valence-corrected chi connectivity index (χ2v) is 5.97. The topological polar surface area (TPSA) is 75.8 Å². The normalized spacial score (nSPS) is 23.0. The number of β-amino-alcohol motifs (C(OH)–C–C–N with tert-alkyl or cyclic N) is 1. The zero-order valence-corrected chi connectivity index (χ0v) is 13.0. The molecule has 0 radical (unpaired) electrons. The van der Waals surface area contributed by atoms with Crippen LogP contribution in [-0.2, 0) is 11.3 Å². The van der Waals surface area contributed by atoms with Gasteiger partial charge in [0.05, 0.1) is 7.11 Å². The Morgan fingerprint density at radius 1 is 1.43 bits per heavy atom. The number of carbonyl (C=O) groups excluding carboxylic acids is 1. The molecule has 116 valence electrons. The van der Waals surface area contributed by atoms with Gasteiger partial charge in [-0.3, -0.25) is 9.69 Å². The maximum absolute atomic E-state index is 11.4. The third-order valence-electron chi connectivity index (χ3n) is 4.14. The fourth-order valence-electron chi connectivity index (χ4n) is 3.17. The number of nitrogens with zero attached hydrogens (tertiary/aromatic N) is 1. The van der Waals surface area contributed by atoms with E-state index in [2.05, 4.69) is 17.0 Å². The lowest BCUT2D eigenvalue weighted by Gasteiger charge is -2.37. The Balaban J connectivity index is 2.13. The van der Waals surface area contributed by atoms with E-state index in [0.29, 0.717) is 19.5 Å². The van der Waals surface area contributed by atoms with Crippen molar-refractivity contribution in [1.82, 2.24) is 4.90 Å². The molecule has 0 spiro atoms. The summed E-state index contributed by atoms with van der Waals surface area (Å²) >= 11 is 0. The number of rotatable bonds is 4. The highest BCUT2D eigenvalue weighted by Gasteiger charge is 2.38. The van der Waals surface area contributed by atoms with E-state index >= 15 is 0 Å². The first kappa shape index (κ1) is 15.8. The standard InChI is InChI=1S/C16H24N2O3/c1-11-7-13(8-12(2)14(11)21-3)9-18-6-4-5-16(20,10-18)15(17)19/h7-8,20H,4-6,9-10H2,1-3H3,(H2,17,19). The van der Waals surface area contributed by atoms with Gasteiger partial charge in [-0.15, -0.1) is 0 Å². The number of benzene rings is 1. The Morgan fingerprint density at radius 2 is 2.05 bits per heavy atom. The molecule has 1 unspecified atom stereocenters. The zero-order chi connectivity index (χ0) is 15.6. The summed E-state index contributed by atoms with van der Waals surface area (Å²) in [7, 11) is 1.67. The number of nitrogens with two attached hydrogens (primary N) is 1. The molecule has 2 rings (SSSR count). The molecule has 3 N–H and O–H groups in total. The third-order valence-corrected chi connectivity index (χ3v) is 4.14. The monoisotopic (exact) mass is 292 g/mol. The van der Waals surface area contributed by atoms with E-state index in [4.69, 9.17) is 10.5 Å². The molecule has 1 fully saturated rings. The highest BCUT2D eigenvalue weighted by atomic mass is 16.5. The smallest absolute Gasteiger partial charge is 0.250 e. The van der Waals surface area contributed by atoms with Crippen LogP contribution in [0.3, 0.4) is 0 Å². The van der Waals surface area contributed by atoms with E-state index in [1.54, 1.807) is 7.11 Å². The molecule has 1 aliphatic rings. The number of carbonyl (C=O) groups is 1. The average Bonchev–Trinajstić information content (AvgIpc) is 2.38. The predicted octanol–water partition coefficient (Wildman–Crippen LogP) is 1.12. The van der Waals surface area contributed by atoms with Gasteiger partial charge >= 0.3 is 0 Å². The van der Waals surface area contributed by atoms with Crippen molar-refractivity contribution in [1.29, 1.82) is 0 Å². The Labute approximate surface area is 125 Å². The van der Waals surface area contributed by atoms with Crippen LogP contribution in [0.5, 0.6) is 5.75 Å². The molecule has 1 atom stereocenters. The van der Waals surface area contributed by atoms with Crippen molar-refractivity contribution < 1.29 is 14.6 Å². The van der Waals surface area contributed by atoms with Crippen molar-refractivity contribution in [3.05, 3.63) is 28.8 Å². The number of hydrogen-bond donors (Lipinski definition) is 2. The van der Waals surface area contributed by atoms with Crippen LogP contribution in [0.2, 0.25) is 0 Å². The van der Waals surface area contributed by atoms with Crippen LogP contribution in [0.4, 0.5) is 0 Å². The van der Waals surface area contributed by atoms with Gasteiger partial charge in [0.15, 0.2) is 5.60 Å². The van der Waals surface area contributed by atoms with Gasteiger partial charge in [0.25, 0.3) is 5.91 Å². The molecule has 0 saturated carbocycles. The van der Waals surface area contributed by atoms with Crippen LogP contribution >= 0.6 is 0 Å². The summed E-state index contributed by atoms with van der Waals surface area (Å²) in [5, 5.41) is 10.3. The minimum atomic E-state index is -1.39. The van der Waals surface area contributed by atoms with Gasteiger partial charge < -0.3 is 15.6 Å². The minimum absolute atomic E-state index is 0.298. The molecular formula is C16H24N2O3.